The van der Waals surface area contributed by atoms with Gasteiger partial charge in [0.1, 0.15) is 5.76 Å². The van der Waals surface area contributed by atoms with Crippen LogP contribution in [-0.2, 0) is 14.2 Å². The predicted octanol–water partition coefficient (Wildman–Crippen LogP) is 5.17. The smallest absolute Gasteiger partial charge is 0.338 e. The first-order chi connectivity index (χ1) is 12.6. The van der Waals surface area contributed by atoms with Crippen LogP contribution < -0.4 is 0 Å². The number of hydrogen-bond acceptors (Lipinski definition) is 5. The summed E-state index contributed by atoms with van der Waals surface area (Å²) in [5.41, 5.74) is 9.05. The van der Waals surface area contributed by atoms with Crippen molar-refractivity contribution in [3.63, 3.8) is 0 Å². The number of allylic oxidation sites excluding steroid dienone is 1. The zero-order valence-corrected chi connectivity index (χ0v) is 16.9. The fraction of sp³-hybridized carbons (Fsp3) is 0.471. The Hall–Kier alpha value is -1.63. The fourth-order valence-corrected chi connectivity index (χ4v) is 2.86. The highest BCUT2D eigenvalue weighted by molar-refractivity contribution is 6.69. The Balaban J connectivity index is 2.23. The molecule has 0 N–H and O–H groups in total. The molecule has 1 fully saturated rings. The van der Waals surface area contributed by atoms with Gasteiger partial charge in [0, 0.05) is 10.8 Å². The van der Waals surface area contributed by atoms with Crippen LogP contribution in [0.25, 0.3) is 10.4 Å². The van der Waals surface area contributed by atoms with Gasteiger partial charge in [-0.3, -0.25) is 0 Å². The topological polar surface area (TPSA) is 93.5 Å². The van der Waals surface area contributed by atoms with Gasteiger partial charge in [0.25, 0.3) is 0 Å². The minimum atomic E-state index is -1.88. The number of hydrogen-bond donors (Lipinski definition) is 0. The third kappa shape index (κ3) is 5.43. The third-order valence-electron chi connectivity index (χ3n) is 4.13. The van der Waals surface area contributed by atoms with E-state index in [9.17, 15) is 4.79 Å². The molecule has 10 heteroatoms. The van der Waals surface area contributed by atoms with Gasteiger partial charge in [0.15, 0.2) is 6.10 Å². The standard InChI is InChI=1S/C17H18Cl3N3O4/c1-9-13(10(2)22-23-21)27-16(25-11(3)17(18,19)20)14(9)26-15(24)12-7-5-4-6-8-12/h4-10,13-14,16H,3H2,1-2H3/t9?,10-,13+,14+,16-/m1/s1. The Bertz CT molecular complexity index is 735. The van der Waals surface area contributed by atoms with E-state index in [0.29, 0.717) is 5.56 Å². The Kier molecular flexibility index (Phi) is 7.25. The van der Waals surface area contributed by atoms with Crippen LogP contribution in [0, 0.1) is 5.92 Å². The normalized spacial score (nSPS) is 26.0. The molecule has 1 aliphatic heterocycles. The number of esters is 1. The van der Waals surface area contributed by atoms with E-state index in [2.05, 4.69) is 16.6 Å². The average Bonchev–Trinajstić information content (AvgIpc) is 2.91. The van der Waals surface area contributed by atoms with Crippen LogP contribution in [0.1, 0.15) is 24.2 Å². The number of nitrogens with zero attached hydrogens (tertiary/aromatic N) is 3. The van der Waals surface area contributed by atoms with Crippen molar-refractivity contribution >= 4 is 40.8 Å². The highest BCUT2D eigenvalue weighted by Crippen LogP contribution is 2.39. The van der Waals surface area contributed by atoms with E-state index in [-0.39, 0.29) is 11.7 Å². The molecule has 5 atom stereocenters. The molecule has 0 bridgehead atoms. The van der Waals surface area contributed by atoms with Crippen molar-refractivity contribution in [2.24, 2.45) is 11.0 Å². The first-order valence-corrected chi connectivity index (χ1v) is 9.17. The zero-order valence-electron chi connectivity index (χ0n) is 14.6. The van der Waals surface area contributed by atoms with Crippen LogP contribution in [-0.4, -0.2) is 34.3 Å². The fourth-order valence-electron chi connectivity index (χ4n) is 2.72. The molecule has 1 unspecified atom stereocenters. The summed E-state index contributed by atoms with van der Waals surface area (Å²) in [5.74, 6) is -1.09. The molecule has 146 valence electrons. The number of rotatable bonds is 6. The van der Waals surface area contributed by atoms with Gasteiger partial charge in [-0.2, -0.15) is 0 Å². The van der Waals surface area contributed by atoms with E-state index >= 15 is 0 Å². The lowest BCUT2D eigenvalue weighted by atomic mass is 9.96. The van der Waals surface area contributed by atoms with Crippen molar-refractivity contribution in [2.75, 3.05) is 0 Å². The van der Waals surface area contributed by atoms with Gasteiger partial charge in [-0.05, 0) is 17.7 Å². The maximum absolute atomic E-state index is 12.5. The number of alkyl halides is 3. The van der Waals surface area contributed by atoms with E-state index < -0.39 is 34.3 Å². The van der Waals surface area contributed by atoms with Crippen LogP contribution in [0.5, 0.6) is 0 Å². The van der Waals surface area contributed by atoms with Crippen molar-refractivity contribution in [3.8, 4) is 0 Å². The Labute approximate surface area is 171 Å². The molecule has 2 rings (SSSR count). The van der Waals surface area contributed by atoms with Gasteiger partial charge < -0.3 is 14.2 Å². The predicted molar refractivity (Wildman–Crippen MR) is 103 cm³/mol. The molecular formula is C17H18Cl3N3O4. The summed E-state index contributed by atoms with van der Waals surface area (Å²) in [5, 5.41) is 3.65. The van der Waals surface area contributed by atoms with E-state index in [1.807, 2.05) is 0 Å². The van der Waals surface area contributed by atoms with Crippen LogP contribution >= 0.6 is 34.8 Å². The van der Waals surface area contributed by atoms with Gasteiger partial charge in [0.05, 0.1) is 17.7 Å². The van der Waals surface area contributed by atoms with Gasteiger partial charge in [-0.1, -0.05) is 78.5 Å². The Morgan fingerprint density at radius 3 is 2.52 bits per heavy atom. The van der Waals surface area contributed by atoms with Gasteiger partial charge in [-0.15, -0.1) is 0 Å². The molecule has 27 heavy (non-hydrogen) atoms. The lowest BCUT2D eigenvalue weighted by Gasteiger charge is -2.25. The minimum Gasteiger partial charge on any atom is -0.461 e. The summed E-state index contributed by atoms with van der Waals surface area (Å²) < 4.78 is 15.1. The minimum absolute atomic E-state index is 0.178. The van der Waals surface area contributed by atoms with Gasteiger partial charge in [-0.25, -0.2) is 4.79 Å². The van der Waals surface area contributed by atoms with E-state index in [1.54, 1.807) is 44.2 Å². The number of azide groups is 1. The van der Waals surface area contributed by atoms with Gasteiger partial charge in [0.2, 0.25) is 10.1 Å². The molecule has 0 spiro atoms. The molecule has 1 saturated heterocycles. The summed E-state index contributed by atoms with van der Waals surface area (Å²) >= 11 is 17.3. The molecule has 1 aromatic rings. The number of benzene rings is 1. The van der Waals surface area contributed by atoms with Crippen LogP contribution in [0.2, 0.25) is 0 Å². The number of halogens is 3. The third-order valence-corrected chi connectivity index (χ3v) is 4.76. The van der Waals surface area contributed by atoms with Crippen molar-refractivity contribution in [1.29, 1.82) is 0 Å². The molecule has 0 aromatic heterocycles. The maximum Gasteiger partial charge on any atom is 0.338 e. The second-order valence-corrected chi connectivity index (χ2v) is 8.33. The van der Waals surface area contributed by atoms with Crippen molar-refractivity contribution in [3.05, 3.63) is 58.7 Å². The first-order valence-electron chi connectivity index (χ1n) is 8.03. The maximum atomic E-state index is 12.5. The van der Waals surface area contributed by atoms with Gasteiger partial charge >= 0.3 is 5.97 Å². The molecule has 0 aliphatic carbocycles. The van der Waals surface area contributed by atoms with E-state index in [4.69, 9.17) is 54.5 Å². The SMILES string of the molecule is C=C(O[C@@H]1O[C@H]([C@@H](C)N=[N+]=[N-])C(C)[C@@H]1OC(=O)c1ccccc1)C(Cl)(Cl)Cl. The Morgan fingerprint density at radius 1 is 1.33 bits per heavy atom. The molecule has 1 aromatic carbocycles. The molecule has 0 saturated carbocycles. The number of carbonyl (C=O) groups excluding carboxylic acids is 1. The number of ether oxygens (including phenoxy) is 3. The summed E-state index contributed by atoms with van der Waals surface area (Å²) in [6, 6.07) is 7.94. The number of carbonyl (C=O) groups is 1. The van der Waals surface area contributed by atoms with E-state index in [0.717, 1.165) is 0 Å². The highest BCUT2D eigenvalue weighted by atomic mass is 35.6. The van der Waals surface area contributed by atoms with Crippen LogP contribution in [0.15, 0.2) is 47.8 Å². The lowest BCUT2D eigenvalue weighted by Crippen LogP contribution is -2.35. The van der Waals surface area contributed by atoms with E-state index in [1.165, 1.54) is 0 Å². The lowest BCUT2D eigenvalue weighted by molar-refractivity contribution is -0.146. The second-order valence-electron chi connectivity index (χ2n) is 6.05. The summed E-state index contributed by atoms with van der Waals surface area (Å²) in [7, 11) is 0. The van der Waals surface area contributed by atoms with Crippen molar-refractivity contribution in [2.45, 2.75) is 42.2 Å². The highest BCUT2D eigenvalue weighted by Gasteiger charge is 2.49. The summed E-state index contributed by atoms with van der Waals surface area (Å²) in [6.45, 7) is 7.05. The quantitative estimate of drug-likeness (QED) is 0.154. The average molecular weight is 435 g/mol. The monoisotopic (exact) mass is 433 g/mol. The molecular weight excluding hydrogens is 417 g/mol. The molecule has 1 aliphatic rings. The second kappa shape index (κ2) is 9.04. The zero-order chi connectivity index (χ0) is 20.2. The summed E-state index contributed by atoms with van der Waals surface area (Å²) in [6.07, 6.45) is -2.47. The largest absolute Gasteiger partial charge is 0.461 e. The van der Waals surface area contributed by atoms with Crippen LogP contribution in [0.4, 0.5) is 0 Å². The molecule has 0 amide bonds. The van der Waals surface area contributed by atoms with Crippen molar-refractivity contribution in [1.82, 2.24) is 0 Å². The molecule has 0 radical (unpaired) electrons. The summed E-state index contributed by atoms with van der Waals surface area (Å²) in [4.78, 5) is 15.2. The van der Waals surface area contributed by atoms with Crippen LogP contribution in [0.3, 0.4) is 0 Å². The first kappa shape index (κ1) is 21.7. The molecule has 7 nitrogen and oxygen atoms in total. The Morgan fingerprint density at radius 2 is 1.96 bits per heavy atom. The van der Waals surface area contributed by atoms with Crippen molar-refractivity contribution < 1.29 is 19.0 Å². The molecule has 1 heterocycles.